The van der Waals surface area contributed by atoms with E-state index in [0.717, 1.165) is 0 Å². The molecule has 0 saturated carbocycles. The topological polar surface area (TPSA) is 13.1 Å². The van der Waals surface area contributed by atoms with Crippen molar-refractivity contribution in [1.82, 2.24) is 0 Å². The Morgan fingerprint density at radius 1 is 0.400 bits per heavy atom. The van der Waals surface area contributed by atoms with E-state index >= 15 is 0 Å². The van der Waals surface area contributed by atoms with Crippen molar-refractivity contribution in [3.8, 4) is 44.7 Å². The Bertz CT molecular complexity index is 3540. The third-order valence-corrected chi connectivity index (χ3v) is 7.65. The zero-order chi connectivity index (χ0) is 47.1. The molecule has 0 radical (unpaired) electrons. The summed E-state index contributed by atoms with van der Waals surface area (Å²) >= 11 is 0. The van der Waals surface area contributed by atoms with Gasteiger partial charge in [0, 0.05) is 22.1 Å². The van der Waals surface area contributed by atoms with Gasteiger partial charge in [-0.2, -0.15) is 0 Å². The van der Waals surface area contributed by atoms with E-state index in [4.69, 9.17) is 23.6 Å². The molecule has 210 valence electrons. The fraction of sp³-hybridized carbons (Fsp3) is 0. The summed E-state index contributed by atoms with van der Waals surface area (Å²) in [5.74, 6) is -0.444. The maximum atomic E-state index is 9.54. The molecule has 0 atom stereocenters. The van der Waals surface area contributed by atoms with E-state index in [0.29, 0.717) is 11.1 Å². The quantitative estimate of drug-likeness (QED) is 0.185. The molecule has 0 aliphatic heterocycles. The van der Waals surface area contributed by atoms with Crippen molar-refractivity contribution < 1.29 is 31.8 Å². The summed E-state index contributed by atoms with van der Waals surface area (Å²) < 4.78 is 186. The Morgan fingerprint density at radius 2 is 1.02 bits per heavy atom. The normalized spacial score (nSPS) is 17.8. The molecule has 9 rings (SSSR count). The van der Waals surface area contributed by atoms with Gasteiger partial charge in [-0.15, -0.1) is 0 Å². The fourth-order valence-corrected chi connectivity index (χ4v) is 5.73. The van der Waals surface area contributed by atoms with Gasteiger partial charge < -0.3 is 4.42 Å². The minimum Gasteiger partial charge on any atom is -0.455 e. The lowest BCUT2D eigenvalue weighted by atomic mass is 9.84. The van der Waals surface area contributed by atoms with Crippen LogP contribution in [0.15, 0.2) is 174 Å². The van der Waals surface area contributed by atoms with Gasteiger partial charge in [-0.05, 0) is 72.7 Å². The molecular formula is C44H28O. The van der Waals surface area contributed by atoms with Crippen LogP contribution in [-0.4, -0.2) is 0 Å². The van der Waals surface area contributed by atoms with E-state index in [2.05, 4.69) is 0 Å². The first-order valence-corrected chi connectivity index (χ1v) is 13.8. The molecule has 0 bridgehead atoms. The van der Waals surface area contributed by atoms with Crippen LogP contribution in [0.25, 0.3) is 88.0 Å². The third kappa shape index (κ3) is 4.17. The monoisotopic (exact) mass is 592 g/mol. The lowest BCUT2D eigenvalue weighted by molar-refractivity contribution is 0.632. The molecule has 45 heavy (non-hydrogen) atoms. The second-order valence-electron chi connectivity index (χ2n) is 10.1. The van der Waals surface area contributed by atoms with Crippen molar-refractivity contribution in [1.29, 1.82) is 0 Å². The van der Waals surface area contributed by atoms with Crippen LogP contribution in [0.4, 0.5) is 0 Å². The van der Waals surface area contributed by atoms with Crippen LogP contribution in [0, 0.1) is 0 Å². The van der Waals surface area contributed by atoms with Gasteiger partial charge in [-0.3, -0.25) is 0 Å². The summed E-state index contributed by atoms with van der Waals surface area (Å²) in [6.07, 6.45) is 0. The largest absolute Gasteiger partial charge is 0.455 e. The maximum absolute atomic E-state index is 9.54. The summed E-state index contributed by atoms with van der Waals surface area (Å²) in [5.41, 5.74) is -0.972. The molecule has 1 nitrogen and oxygen atoms in total. The average molecular weight is 593 g/mol. The molecule has 8 aromatic carbocycles. The van der Waals surface area contributed by atoms with Crippen LogP contribution < -0.4 is 0 Å². The van der Waals surface area contributed by atoms with Gasteiger partial charge in [0.25, 0.3) is 0 Å². The molecule has 0 unspecified atom stereocenters. The van der Waals surface area contributed by atoms with Gasteiger partial charge in [-0.25, -0.2) is 0 Å². The Labute approximate surface area is 289 Å². The van der Waals surface area contributed by atoms with E-state index in [1.54, 1.807) is 42.5 Å². The Balaban J connectivity index is 1.64. The summed E-state index contributed by atoms with van der Waals surface area (Å²) in [6.45, 7) is 0. The van der Waals surface area contributed by atoms with E-state index in [-0.39, 0.29) is 22.1 Å². The first kappa shape index (κ1) is 12.6. The van der Waals surface area contributed by atoms with Crippen LogP contribution >= 0.6 is 0 Å². The zero-order valence-electron chi connectivity index (χ0n) is 43.0. The SMILES string of the molecule is [2H]c1c([2H])c([2H])c(-c2c3c([2H])c([2H])c([2H])c([2H])c3c(-c3c(-c4c([2H])c([2H])c5c([2H])c([2H])c([2H])c([2H])c5c4[2H])oc4ccc(-c5ccccc5)cc34)c3c([2H])c([2H])c([2H])c([2H])c23)c([2H])c1[2H]. The number of hydrogen-bond donors (Lipinski definition) is 0. The zero-order valence-corrected chi connectivity index (χ0v) is 23.0. The highest BCUT2D eigenvalue weighted by Gasteiger charge is 2.24. The van der Waals surface area contributed by atoms with Gasteiger partial charge in [0.1, 0.15) is 11.3 Å². The van der Waals surface area contributed by atoms with Gasteiger partial charge in [-0.1, -0.05) is 151 Å². The molecule has 9 aromatic rings. The summed E-state index contributed by atoms with van der Waals surface area (Å²) in [5, 5.41) is -2.70. The van der Waals surface area contributed by atoms with Gasteiger partial charge >= 0.3 is 0 Å². The van der Waals surface area contributed by atoms with Crippen molar-refractivity contribution in [2.24, 2.45) is 0 Å². The lowest BCUT2D eigenvalue weighted by Gasteiger charge is -2.18. The predicted molar refractivity (Wildman–Crippen MR) is 190 cm³/mol. The standard InChI is InChI=1S/C44H28O/c1-3-13-29(14-4-1)33-25-26-40-39(28-33)43(44(45-40)34-24-23-30-15-7-8-18-32(30)27-34)42-37-21-11-9-19-35(37)41(31-16-5-2-6-17-31)36-20-10-12-22-38(36)42/h1-28H/i2D,5D,6D,7D,8D,9D,10D,11D,12D,15D,16D,17D,18D,19D,20D,21D,22D,23D,24D,27D. The Kier molecular flexibility index (Phi) is 2.90. The molecular weight excluding hydrogens is 544 g/mol. The fourth-order valence-electron chi connectivity index (χ4n) is 5.73. The van der Waals surface area contributed by atoms with E-state index < -0.39 is 176 Å². The number of furan rings is 1. The Hall–Kier alpha value is -5.92. The van der Waals surface area contributed by atoms with Gasteiger partial charge in [0.05, 0.1) is 27.4 Å². The van der Waals surface area contributed by atoms with Crippen LogP contribution in [0.3, 0.4) is 0 Å². The van der Waals surface area contributed by atoms with Gasteiger partial charge in [0.15, 0.2) is 0 Å². The van der Waals surface area contributed by atoms with Crippen molar-refractivity contribution in [3.63, 3.8) is 0 Å². The third-order valence-electron chi connectivity index (χ3n) is 7.65. The number of fused-ring (bicyclic) bond motifs is 4. The molecule has 1 heteroatoms. The summed E-state index contributed by atoms with van der Waals surface area (Å²) in [7, 11) is 0. The molecule has 0 amide bonds. The molecule has 0 aliphatic rings. The summed E-state index contributed by atoms with van der Waals surface area (Å²) in [4.78, 5) is 0. The van der Waals surface area contributed by atoms with Crippen molar-refractivity contribution in [3.05, 3.63) is 169 Å². The molecule has 0 fully saturated rings. The number of benzene rings is 8. The second kappa shape index (κ2) is 10.4. The van der Waals surface area contributed by atoms with Crippen LogP contribution in [-0.2, 0) is 0 Å². The smallest absolute Gasteiger partial charge is 0.143 e. The molecule has 0 aliphatic carbocycles. The highest BCUT2D eigenvalue weighted by atomic mass is 16.3. The molecule has 0 spiro atoms. The van der Waals surface area contributed by atoms with Crippen molar-refractivity contribution >= 4 is 43.3 Å². The second-order valence-corrected chi connectivity index (χ2v) is 10.1. The Morgan fingerprint density at radius 3 is 1.73 bits per heavy atom. The lowest BCUT2D eigenvalue weighted by Crippen LogP contribution is -1.91. The van der Waals surface area contributed by atoms with Crippen molar-refractivity contribution in [2.75, 3.05) is 0 Å². The molecule has 1 heterocycles. The minimum atomic E-state index is -0.838. The van der Waals surface area contributed by atoms with Crippen LogP contribution in [0.5, 0.6) is 0 Å². The van der Waals surface area contributed by atoms with E-state index in [1.165, 1.54) is 6.07 Å². The van der Waals surface area contributed by atoms with Crippen LogP contribution in [0.1, 0.15) is 27.4 Å². The molecule has 0 N–H and O–H groups in total. The highest BCUT2D eigenvalue weighted by molar-refractivity contribution is 6.25. The van der Waals surface area contributed by atoms with Crippen LogP contribution in [0.2, 0.25) is 0 Å². The van der Waals surface area contributed by atoms with Gasteiger partial charge in [0.2, 0.25) is 0 Å². The average Bonchev–Trinajstić information content (AvgIpc) is 3.67. The minimum absolute atomic E-state index is 0.0211. The van der Waals surface area contributed by atoms with E-state index in [9.17, 15) is 8.22 Å². The van der Waals surface area contributed by atoms with E-state index in [1.807, 2.05) is 0 Å². The summed E-state index contributed by atoms with van der Waals surface area (Å²) in [6, 6.07) is -1.89. The first-order valence-electron chi connectivity index (χ1n) is 23.8. The number of hydrogen-bond acceptors (Lipinski definition) is 1. The maximum Gasteiger partial charge on any atom is 0.143 e. The molecule has 0 saturated heterocycles. The van der Waals surface area contributed by atoms with Crippen molar-refractivity contribution in [2.45, 2.75) is 0 Å². The number of rotatable bonds is 4. The molecule has 1 aromatic heterocycles. The predicted octanol–water partition coefficient (Wildman–Crippen LogP) is 12.6. The first-order chi connectivity index (χ1) is 30.6. The highest BCUT2D eigenvalue weighted by Crippen LogP contribution is 2.50.